The van der Waals surface area contributed by atoms with Crippen molar-refractivity contribution in [3.05, 3.63) is 35.9 Å². The second-order valence-corrected chi connectivity index (χ2v) is 5.91. The number of rotatable bonds is 7. The Bertz CT molecular complexity index is 409. The minimum atomic E-state index is -0.785. The molecule has 0 aliphatic carbocycles. The lowest BCUT2D eigenvalue weighted by Gasteiger charge is -2.10. The molecule has 0 aromatic heterocycles. The highest BCUT2D eigenvalue weighted by molar-refractivity contribution is 7.99. The number of benzene rings is 1. The second-order valence-electron chi connectivity index (χ2n) is 4.37. The molecule has 1 aromatic carbocycles. The van der Waals surface area contributed by atoms with Gasteiger partial charge in [0.05, 0.1) is 0 Å². The fourth-order valence-corrected chi connectivity index (χ4v) is 2.64. The predicted octanol–water partition coefficient (Wildman–Crippen LogP) is 2.33. The van der Waals surface area contributed by atoms with Crippen LogP contribution in [0.1, 0.15) is 25.3 Å². The minimum Gasteiger partial charge on any atom is -0.351 e. The SMILES string of the molecule is C[C@@H](CCc1ccccc1)SCCC(=O)NC(N)=O. The number of hydrogen-bond donors (Lipinski definition) is 2. The van der Waals surface area contributed by atoms with Crippen molar-refractivity contribution in [1.29, 1.82) is 0 Å². The normalized spacial score (nSPS) is 11.8. The average Bonchev–Trinajstić information content (AvgIpc) is 2.36. The van der Waals surface area contributed by atoms with E-state index in [9.17, 15) is 9.59 Å². The Hall–Kier alpha value is -1.49. The highest BCUT2D eigenvalue weighted by Crippen LogP contribution is 2.17. The van der Waals surface area contributed by atoms with Gasteiger partial charge in [0.25, 0.3) is 0 Å². The molecule has 4 nitrogen and oxygen atoms in total. The van der Waals surface area contributed by atoms with E-state index in [1.165, 1.54) is 5.56 Å². The Kier molecular flexibility index (Phi) is 7.03. The second kappa shape index (κ2) is 8.58. The molecule has 0 fully saturated rings. The summed E-state index contributed by atoms with van der Waals surface area (Å²) in [6.45, 7) is 2.15. The molecule has 0 bridgehead atoms. The first-order chi connectivity index (χ1) is 9.08. The van der Waals surface area contributed by atoms with Gasteiger partial charge >= 0.3 is 6.03 Å². The number of nitrogens with two attached hydrogens (primary N) is 1. The molecular weight excluding hydrogens is 260 g/mol. The largest absolute Gasteiger partial charge is 0.351 e. The molecule has 0 saturated carbocycles. The van der Waals surface area contributed by atoms with Crippen molar-refractivity contribution in [2.24, 2.45) is 5.73 Å². The zero-order chi connectivity index (χ0) is 14.1. The van der Waals surface area contributed by atoms with E-state index in [0.29, 0.717) is 17.4 Å². The monoisotopic (exact) mass is 280 g/mol. The van der Waals surface area contributed by atoms with Gasteiger partial charge in [0.1, 0.15) is 0 Å². The van der Waals surface area contributed by atoms with Crippen molar-refractivity contribution >= 4 is 23.7 Å². The number of hydrogen-bond acceptors (Lipinski definition) is 3. The summed E-state index contributed by atoms with van der Waals surface area (Å²) in [6, 6.07) is 9.56. The molecule has 1 rings (SSSR count). The minimum absolute atomic E-state index is 0.310. The molecule has 0 heterocycles. The van der Waals surface area contributed by atoms with Gasteiger partial charge in [0, 0.05) is 17.4 Å². The Morgan fingerprint density at radius 1 is 1.32 bits per heavy atom. The molecule has 0 saturated heterocycles. The van der Waals surface area contributed by atoms with Gasteiger partial charge in [-0.2, -0.15) is 11.8 Å². The number of primary amides is 1. The lowest BCUT2D eigenvalue weighted by Crippen LogP contribution is -2.35. The van der Waals surface area contributed by atoms with Crippen molar-refractivity contribution in [1.82, 2.24) is 5.32 Å². The number of thioether (sulfide) groups is 1. The van der Waals surface area contributed by atoms with Crippen LogP contribution in [0.15, 0.2) is 30.3 Å². The molecule has 19 heavy (non-hydrogen) atoms. The molecule has 1 aromatic rings. The van der Waals surface area contributed by atoms with Crippen LogP contribution in [-0.2, 0) is 11.2 Å². The Morgan fingerprint density at radius 3 is 2.63 bits per heavy atom. The van der Waals surface area contributed by atoms with Crippen LogP contribution >= 0.6 is 11.8 Å². The molecule has 3 N–H and O–H groups in total. The van der Waals surface area contributed by atoms with E-state index in [0.717, 1.165) is 12.8 Å². The van der Waals surface area contributed by atoms with E-state index in [2.05, 4.69) is 24.4 Å². The van der Waals surface area contributed by atoms with Crippen LogP contribution in [0.4, 0.5) is 4.79 Å². The lowest BCUT2D eigenvalue weighted by molar-refractivity contribution is -0.119. The van der Waals surface area contributed by atoms with Crippen LogP contribution in [0.25, 0.3) is 0 Å². The lowest BCUT2D eigenvalue weighted by atomic mass is 10.1. The summed E-state index contributed by atoms with van der Waals surface area (Å²) in [5.41, 5.74) is 6.19. The topological polar surface area (TPSA) is 72.2 Å². The van der Waals surface area contributed by atoms with E-state index in [-0.39, 0.29) is 5.91 Å². The first-order valence-electron chi connectivity index (χ1n) is 6.32. The van der Waals surface area contributed by atoms with Crippen molar-refractivity contribution in [3.8, 4) is 0 Å². The maximum Gasteiger partial charge on any atom is 0.318 e. The van der Waals surface area contributed by atoms with Crippen LogP contribution in [0.3, 0.4) is 0 Å². The van der Waals surface area contributed by atoms with Crippen molar-refractivity contribution < 1.29 is 9.59 Å². The number of carbonyl (C=O) groups is 2. The van der Waals surface area contributed by atoms with E-state index in [1.54, 1.807) is 11.8 Å². The Morgan fingerprint density at radius 2 is 2.00 bits per heavy atom. The molecule has 0 aliphatic rings. The summed E-state index contributed by atoms with van der Waals surface area (Å²) in [7, 11) is 0. The molecule has 5 heteroatoms. The number of urea groups is 1. The third-order valence-electron chi connectivity index (χ3n) is 2.68. The van der Waals surface area contributed by atoms with Gasteiger partial charge < -0.3 is 5.73 Å². The first kappa shape index (κ1) is 15.6. The number of nitrogens with one attached hydrogen (secondary N) is 1. The van der Waals surface area contributed by atoms with Crippen LogP contribution in [0, 0.1) is 0 Å². The van der Waals surface area contributed by atoms with Crippen LogP contribution in [0.5, 0.6) is 0 Å². The van der Waals surface area contributed by atoms with Gasteiger partial charge in [0.15, 0.2) is 0 Å². The van der Waals surface area contributed by atoms with E-state index in [4.69, 9.17) is 5.73 Å². The molecule has 0 spiro atoms. The van der Waals surface area contributed by atoms with Crippen LogP contribution in [-0.4, -0.2) is 22.9 Å². The fraction of sp³-hybridized carbons (Fsp3) is 0.429. The standard InChI is InChI=1S/C14H20N2O2S/c1-11(7-8-12-5-3-2-4-6-12)19-10-9-13(17)16-14(15)18/h2-6,11H,7-10H2,1H3,(H3,15,16,17,18)/t11-/m0/s1. The molecule has 104 valence electrons. The van der Waals surface area contributed by atoms with E-state index in [1.807, 2.05) is 18.2 Å². The first-order valence-corrected chi connectivity index (χ1v) is 7.37. The predicted molar refractivity (Wildman–Crippen MR) is 79.0 cm³/mol. The van der Waals surface area contributed by atoms with Crippen LogP contribution < -0.4 is 11.1 Å². The molecule has 0 aliphatic heterocycles. The maximum absolute atomic E-state index is 11.2. The molecule has 0 radical (unpaired) electrons. The third-order valence-corrected chi connectivity index (χ3v) is 3.92. The number of aryl methyl sites for hydroxylation is 1. The van der Waals surface area contributed by atoms with Gasteiger partial charge in [-0.3, -0.25) is 10.1 Å². The highest BCUT2D eigenvalue weighted by Gasteiger charge is 2.07. The van der Waals surface area contributed by atoms with Gasteiger partial charge in [-0.1, -0.05) is 37.3 Å². The summed E-state index contributed by atoms with van der Waals surface area (Å²) in [5.74, 6) is 0.393. The summed E-state index contributed by atoms with van der Waals surface area (Å²) < 4.78 is 0. The smallest absolute Gasteiger partial charge is 0.318 e. The molecule has 0 unspecified atom stereocenters. The zero-order valence-electron chi connectivity index (χ0n) is 11.1. The summed E-state index contributed by atoms with van der Waals surface area (Å²) in [6.07, 6.45) is 2.44. The van der Waals surface area contributed by atoms with Crippen molar-refractivity contribution in [2.75, 3.05) is 5.75 Å². The van der Waals surface area contributed by atoms with E-state index >= 15 is 0 Å². The number of carbonyl (C=O) groups excluding carboxylic acids is 2. The summed E-state index contributed by atoms with van der Waals surface area (Å²) in [5, 5.41) is 2.55. The van der Waals surface area contributed by atoms with E-state index < -0.39 is 6.03 Å². The van der Waals surface area contributed by atoms with Gasteiger partial charge in [-0.15, -0.1) is 0 Å². The van der Waals surface area contributed by atoms with Gasteiger partial charge in [-0.05, 0) is 18.4 Å². The summed E-state index contributed by atoms with van der Waals surface area (Å²) >= 11 is 1.74. The average molecular weight is 280 g/mol. The summed E-state index contributed by atoms with van der Waals surface area (Å²) in [4.78, 5) is 21.6. The Labute approximate surface area is 118 Å². The maximum atomic E-state index is 11.2. The zero-order valence-corrected chi connectivity index (χ0v) is 11.9. The van der Waals surface area contributed by atoms with Crippen LogP contribution in [0.2, 0.25) is 0 Å². The molecule has 1 atom stereocenters. The fourth-order valence-electron chi connectivity index (χ4n) is 1.65. The third kappa shape index (κ3) is 7.51. The van der Waals surface area contributed by atoms with Gasteiger partial charge in [-0.25, -0.2) is 4.79 Å². The highest BCUT2D eigenvalue weighted by atomic mass is 32.2. The molecular formula is C14H20N2O2S. The van der Waals surface area contributed by atoms with Crippen molar-refractivity contribution in [3.63, 3.8) is 0 Å². The number of imide groups is 1. The molecule has 3 amide bonds. The Balaban J connectivity index is 2.13. The number of amides is 3. The quantitative estimate of drug-likeness (QED) is 0.805. The van der Waals surface area contributed by atoms with Crippen molar-refractivity contribution in [2.45, 2.75) is 31.4 Å². The van der Waals surface area contributed by atoms with Gasteiger partial charge in [0.2, 0.25) is 5.91 Å².